The largest absolute Gasteiger partial charge is 0.477 e. The van der Waals surface area contributed by atoms with E-state index in [1.165, 1.54) is 96.7 Å². The maximum absolute atomic E-state index is 11.3. The molecular weight excluding hydrogens is 613 g/mol. The summed E-state index contributed by atoms with van der Waals surface area (Å²) in [5.74, 6) is -1.20. The predicted octanol–water partition coefficient (Wildman–Crippen LogP) is 11.4. The molecule has 6 aromatic rings. The average molecular weight is 645 g/mol. The first-order valence-corrected chi connectivity index (χ1v) is 17.9. The van der Waals surface area contributed by atoms with E-state index in [4.69, 9.17) is 5.26 Å². The van der Waals surface area contributed by atoms with E-state index in [2.05, 4.69) is 84.3 Å². The predicted molar refractivity (Wildman–Crippen MR) is 192 cm³/mol. The SMILES string of the molecule is CCCCCCc1cc(-c2cc3sc(/C=C(\C#N)C(=O)O)cc3s2)sc1-c1ccc(-n2c3c(c4ccccc42)C=CCC3)cc1. The van der Waals surface area contributed by atoms with Crippen LogP contribution in [0.5, 0.6) is 0 Å². The number of nitriles is 1. The third kappa shape index (κ3) is 5.70. The van der Waals surface area contributed by atoms with Crippen LogP contribution in [0.1, 0.15) is 60.7 Å². The molecular formula is C38H32N2O2S3. The molecule has 7 heteroatoms. The maximum atomic E-state index is 11.3. The number of benzene rings is 2. The number of hydrogen-bond donors (Lipinski definition) is 1. The summed E-state index contributed by atoms with van der Waals surface area (Å²) in [7, 11) is 0. The Morgan fingerprint density at radius 3 is 2.56 bits per heavy atom. The molecule has 0 bridgehead atoms. The van der Waals surface area contributed by atoms with Crippen LogP contribution in [0.4, 0.5) is 0 Å². The first-order chi connectivity index (χ1) is 22.0. The van der Waals surface area contributed by atoms with E-state index >= 15 is 0 Å². The average Bonchev–Trinajstić information content (AvgIpc) is 3.82. The quantitative estimate of drug-likeness (QED) is 0.0916. The molecule has 0 fully saturated rings. The summed E-state index contributed by atoms with van der Waals surface area (Å²) in [6.45, 7) is 2.25. The van der Waals surface area contributed by atoms with Gasteiger partial charge in [0.15, 0.2) is 0 Å². The molecule has 1 aliphatic rings. The minimum atomic E-state index is -1.20. The van der Waals surface area contributed by atoms with E-state index in [9.17, 15) is 9.90 Å². The summed E-state index contributed by atoms with van der Waals surface area (Å²) < 4.78 is 4.68. The number of carbonyl (C=O) groups is 1. The van der Waals surface area contributed by atoms with Gasteiger partial charge in [0.25, 0.3) is 0 Å². The minimum absolute atomic E-state index is 0.243. The molecule has 4 aromatic heterocycles. The highest BCUT2D eigenvalue weighted by Crippen LogP contribution is 2.45. The Labute approximate surface area is 274 Å². The van der Waals surface area contributed by atoms with Crippen molar-refractivity contribution in [3.05, 3.63) is 100 Å². The highest BCUT2D eigenvalue weighted by atomic mass is 32.1. The van der Waals surface area contributed by atoms with Crippen molar-refractivity contribution in [1.29, 1.82) is 5.26 Å². The van der Waals surface area contributed by atoms with E-state index in [-0.39, 0.29) is 5.57 Å². The standard InChI is InChI=1S/C38H32N2O2S3/c1-2-3-4-5-10-25-20-33(36-22-35-34(44-36)21-28(43-35)19-26(23-39)38(41)42)45-37(25)24-15-17-27(18-16-24)40-31-13-8-6-11-29(31)30-12-7-9-14-32(30)40/h6-8,11-13,15-22H,2-5,9-10,14H2,1H3,(H,41,42)/b26-19+. The maximum Gasteiger partial charge on any atom is 0.346 e. The second-order valence-corrected chi connectivity index (χ2v) is 14.7. The van der Waals surface area contributed by atoms with Crippen LogP contribution >= 0.6 is 34.0 Å². The molecule has 0 saturated heterocycles. The summed E-state index contributed by atoms with van der Waals surface area (Å²) >= 11 is 5.13. The van der Waals surface area contributed by atoms with Crippen molar-refractivity contribution in [3.8, 4) is 32.0 Å². The molecule has 4 heterocycles. The number of aliphatic carboxylic acids is 1. The van der Waals surface area contributed by atoms with E-state index in [1.807, 2.05) is 17.4 Å². The summed E-state index contributed by atoms with van der Waals surface area (Å²) in [6, 6.07) is 26.2. The van der Waals surface area contributed by atoms with Crippen molar-refractivity contribution in [1.82, 2.24) is 4.57 Å². The zero-order valence-electron chi connectivity index (χ0n) is 25.0. The molecule has 0 aliphatic heterocycles. The molecule has 2 aromatic carbocycles. The third-order valence-electron chi connectivity index (χ3n) is 8.45. The fourth-order valence-electron chi connectivity index (χ4n) is 6.28. The van der Waals surface area contributed by atoms with Crippen molar-refractivity contribution in [3.63, 3.8) is 0 Å². The van der Waals surface area contributed by atoms with Crippen LogP contribution < -0.4 is 0 Å². The molecule has 0 atom stereocenters. The lowest BCUT2D eigenvalue weighted by Crippen LogP contribution is -2.02. The number of allylic oxidation sites excluding steroid dienone is 1. The number of thiophene rings is 3. The zero-order valence-corrected chi connectivity index (χ0v) is 27.5. The second-order valence-electron chi connectivity index (χ2n) is 11.4. The van der Waals surface area contributed by atoms with Crippen LogP contribution in [-0.2, 0) is 17.6 Å². The summed E-state index contributed by atoms with van der Waals surface area (Å²) in [5, 5.41) is 19.7. The third-order valence-corrected chi connectivity index (χ3v) is 12.1. The topological polar surface area (TPSA) is 66.0 Å². The van der Waals surface area contributed by atoms with Gasteiger partial charge in [-0.1, -0.05) is 68.7 Å². The number of hydrogen-bond acceptors (Lipinski definition) is 5. The van der Waals surface area contributed by atoms with Gasteiger partial charge < -0.3 is 9.67 Å². The lowest BCUT2D eigenvalue weighted by Gasteiger charge is -2.14. The molecule has 1 aliphatic carbocycles. The van der Waals surface area contributed by atoms with Gasteiger partial charge in [0.05, 0.1) is 5.52 Å². The van der Waals surface area contributed by atoms with Crippen LogP contribution in [0.15, 0.2) is 78.4 Å². The first-order valence-electron chi connectivity index (χ1n) is 15.4. The van der Waals surface area contributed by atoms with Crippen molar-refractivity contribution in [2.75, 3.05) is 0 Å². The molecule has 0 amide bonds. The lowest BCUT2D eigenvalue weighted by atomic mass is 10.0. The molecule has 0 unspecified atom stereocenters. The second kappa shape index (κ2) is 12.6. The Balaban J connectivity index is 1.23. The number of para-hydroxylation sites is 1. The van der Waals surface area contributed by atoms with E-state index in [1.54, 1.807) is 17.4 Å². The molecule has 0 radical (unpaired) electrons. The molecule has 4 nitrogen and oxygen atoms in total. The van der Waals surface area contributed by atoms with Crippen molar-refractivity contribution < 1.29 is 9.90 Å². The Hall–Kier alpha value is -4.22. The van der Waals surface area contributed by atoms with Crippen molar-refractivity contribution in [2.24, 2.45) is 0 Å². The molecule has 0 spiro atoms. The van der Waals surface area contributed by atoms with Gasteiger partial charge in [0.2, 0.25) is 0 Å². The fourth-order valence-corrected chi connectivity index (χ4v) is 9.92. The number of aromatic nitrogens is 1. The lowest BCUT2D eigenvalue weighted by molar-refractivity contribution is -0.132. The molecule has 7 rings (SSSR count). The first kappa shape index (κ1) is 29.5. The summed E-state index contributed by atoms with van der Waals surface area (Å²) in [5.41, 5.74) is 7.64. The monoisotopic (exact) mass is 644 g/mol. The fraction of sp³-hybridized carbons (Fsp3) is 0.211. The normalized spacial score (nSPS) is 13.0. The highest BCUT2D eigenvalue weighted by molar-refractivity contribution is 7.31. The Bertz CT molecular complexity index is 2110. The number of nitrogens with zero attached hydrogens (tertiary/aromatic N) is 2. The highest BCUT2D eigenvalue weighted by Gasteiger charge is 2.20. The minimum Gasteiger partial charge on any atom is -0.477 e. The van der Waals surface area contributed by atoms with Crippen LogP contribution in [0.3, 0.4) is 0 Å². The van der Waals surface area contributed by atoms with Gasteiger partial charge in [-0.2, -0.15) is 5.26 Å². The van der Waals surface area contributed by atoms with Crippen LogP contribution in [0.2, 0.25) is 0 Å². The van der Waals surface area contributed by atoms with Crippen molar-refractivity contribution in [2.45, 2.75) is 51.9 Å². The molecule has 1 N–H and O–H groups in total. The van der Waals surface area contributed by atoms with Gasteiger partial charge in [-0.25, -0.2) is 4.79 Å². The van der Waals surface area contributed by atoms with Crippen LogP contribution in [0.25, 0.3) is 58.3 Å². The van der Waals surface area contributed by atoms with Gasteiger partial charge in [-0.05, 0) is 79.3 Å². The zero-order chi connectivity index (χ0) is 30.9. The van der Waals surface area contributed by atoms with Gasteiger partial charge in [0, 0.05) is 51.2 Å². The van der Waals surface area contributed by atoms with E-state index < -0.39 is 5.97 Å². The van der Waals surface area contributed by atoms with E-state index in [0.29, 0.717) is 0 Å². The number of aryl methyl sites for hydroxylation is 1. The van der Waals surface area contributed by atoms with Gasteiger partial charge in [-0.3, -0.25) is 0 Å². The van der Waals surface area contributed by atoms with Gasteiger partial charge >= 0.3 is 5.97 Å². The molecule has 224 valence electrons. The molecule has 0 saturated carbocycles. The number of unbranched alkanes of at least 4 members (excludes halogenated alkanes) is 3. The Morgan fingerprint density at radius 2 is 1.78 bits per heavy atom. The number of carboxylic acid groups (broad SMARTS) is 1. The number of fused-ring (bicyclic) bond motifs is 4. The van der Waals surface area contributed by atoms with Gasteiger partial charge in [0.1, 0.15) is 11.6 Å². The van der Waals surface area contributed by atoms with Crippen molar-refractivity contribution >= 4 is 72.4 Å². The summed E-state index contributed by atoms with van der Waals surface area (Å²) in [6.07, 6.45) is 14.1. The van der Waals surface area contributed by atoms with Crippen LogP contribution in [-0.4, -0.2) is 15.6 Å². The Kier molecular flexibility index (Phi) is 8.29. The summed E-state index contributed by atoms with van der Waals surface area (Å²) in [4.78, 5) is 15.9. The van der Waals surface area contributed by atoms with Gasteiger partial charge in [-0.15, -0.1) is 34.0 Å². The number of rotatable bonds is 10. The molecule has 45 heavy (non-hydrogen) atoms. The van der Waals surface area contributed by atoms with E-state index in [0.717, 1.165) is 33.5 Å². The van der Waals surface area contributed by atoms with Crippen LogP contribution in [0, 0.1) is 11.3 Å². The smallest absolute Gasteiger partial charge is 0.346 e. The number of carboxylic acids is 1. The Morgan fingerprint density at radius 1 is 0.978 bits per heavy atom.